The summed E-state index contributed by atoms with van der Waals surface area (Å²) < 4.78 is 27.2. The maximum atomic E-state index is 12.4. The van der Waals surface area contributed by atoms with Gasteiger partial charge in [-0.1, -0.05) is 12.1 Å². The molecule has 0 aliphatic heterocycles. The largest absolute Gasteiger partial charge is 0.360 e. The molecule has 0 unspecified atom stereocenters. The van der Waals surface area contributed by atoms with Crippen molar-refractivity contribution in [1.82, 2.24) is 9.97 Å². The molecular formula is C21H14N6O4S3. The van der Waals surface area contributed by atoms with Crippen molar-refractivity contribution in [1.29, 1.82) is 5.26 Å². The minimum atomic E-state index is -3.76. The molecule has 0 aliphatic carbocycles. The van der Waals surface area contributed by atoms with Crippen LogP contribution in [0.1, 0.15) is 5.01 Å². The smallest absolute Gasteiger partial charge is 0.270 e. The lowest BCUT2D eigenvalue weighted by Crippen LogP contribution is -2.12. The number of nitriles is 1. The monoisotopic (exact) mass is 510 g/mol. The Morgan fingerprint density at radius 3 is 2.65 bits per heavy atom. The van der Waals surface area contributed by atoms with Gasteiger partial charge in [0, 0.05) is 46.5 Å². The average molecular weight is 511 g/mol. The van der Waals surface area contributed by atoms with Gasteiger partial charge in [0.25, 0.3) is 15.7 Å². The van der Waals surface area contributed by atoms with Gasteiger partial charge in [-0.3, -0.25) is 14.8 Å². The summed E-state index contributed by atoms with van der Waals surface area (Å²) >= 11 is 2.40. The summed E-state index contributed by atoms with van der Waals surface area (Å²) in [4.78, 5) is 18.9. The van der Waals surface area contributed by atoms with Crippen LogP contribution in [0.4, 0.5) is 16.5 Å². The van der Waals surface area contributed by atoms with Crippen molar-refractivity contribution in [3.8, 4) is 17.3 Å². The zero-order valence-corrected chi connectivity index (χ0v) is 19.5. The number of hydrogen-bond acceptors (Lipinski definition) is 10. The van der Waals surface area contributed by atoms with E-state index in [-0.39, 0.29) is 21.3 Å². The minimum absolute atomic E-state index is 0.0444. The first-order valence-corrected chi connectivity index (χ1v) is 12.7. The van der Waals surface area contributed by atoms with E-state index in [1.54, 1.807) is 35.0 Å². The molecule has 2 aromatic carbocycles. The Kier molecular flexibility index (Phi) is 6.64. The van der Waals surface area contributed by atoms with Crippen molar-refractivity contribution in [2.75, 3.05) is 10.0 Å². The third-order valence-electron chi connectivity index (χ3n) is 4.41. The van der Waals surface area contributed by atoms with Crippen LogP contribution in [0.5, 0.6) is 0 Å². The highest BCUT2D eigenvalue weighted by Gasteiger charge is 2.15. The highest BCUT2D eigenvalue weighted by Crippen LogP contribution is 2.28. The van der Waals surface area contributed by atoms with E-state index in [0.717, 1.165) is 0 Å². The van der Waals surface area contributed by atoms with Crippen LogP contribution in [0, 0.1) is 21.4 Å². The van der Waals surface area contributed by atoms with Gasteiger partial charge in [-0.15, -0.1) is 22.7 Å². The van der Waals surface area contributed by atoms with E-state index in [1.807, 2.05) is 0 Å². The molecule has 10 nitrogen and oxygen atoms in total. The van der Waals surface area contributed by atoms with E-state index in [9.17, 15) is 23.8 Å². The van der Waals surface area contributed by atoms with Gasteiger partial charge in [0.05, 0.1) is 15.5 Å². The van der Waals surface area contributed by atoms with E-state index in [1.165, 1.54) is 59.3 Å². The number of thiazole rings is 2. The number of anilines is 2. The molecule has 2 heterocycles. The summed E-state index contributed by atoms with van der Waals surface area (Å²) in [6.45, 7) is 0. The van der Waals surface area contributed by atoms with Gasteiger partial charge in [0.1, 0.15) is 16.6 Å². The van der Waals surface area contributed by atoms with Crippen LogP contribution in [-0.2, 0) is 10.0 Å². The fraction of sp³-hybridized carbons (Fsp3) is 0. The molecule has 34 heavy (non-hydrogen) atoms. The Bertz CT molecular complexity index is 1500. The van der Waals surface area contributed by atoms with Crippen LogP contribution < -0.4 is 10.0 Å². The van der Waals surface area contributed by atoms with Crippen LogP contribution in [0.2, 0.25) is 0 Å². The summed E-state index contributed by atoms with van der Waals surface area (Å²) in [5, 5.41) is 27.6. The van der Waals surface area contributed by atoms with Crippen molar-refractivity contribution in [3.63, 3.8) is 0 Å². The molecule has 4 aromatic rings. The molecule has 0 spiro atoms. The number of aromatic nitrogens is 2. The van der Waals surface area contributed by atoms with Crippen molar-refractivity contribution in [3.05, 3.63) is 86.8 Å². The normalized spacial score (nSPS) is 11.6. The molecule has 2 N–H and O–H groups in total. The first-order chi connectivity index (χ1) is 16.4. The van der Waals surface area contributed by atoms with Gasteiger partial charge in [-0.25, -0.2) is 18.4 Å². The predicted molar refractivity (Wildman–Crippen MR) is 131 cm³/mol. The lowest BCUT2D eigenvalue weighted by Gasteiger charge is -2.06. The summed E-state index contributed by atoms with van der Waals surface area (Å²) in [5.74, 6) is 0. The molecule has 0 amide bonds. The first-order valence-electron chi connectivity index (χ1n) is 9.45. The summed E-state index contributed by atoms with van der Waals surface area (Å²) in [6.07, 6.45) is 2.97. The Hall–Kier alpha value is -4.12. The maximum Gasteiger partial charge on any atom is 0.270 e. The number of rotatable bonds is 8. The topological polar surface area (TPSA) is 151 Å². The second kappa shape index (κ2) is 9.79. The fourth-order valence-corrected chi connectivity index (χ4v) is 5.37. The molecule has 4 rings (SSSR count). The van der Waals surface area contributed by atoms with Gasteiger partial charge in [-0.2, -0.15) is 5.26 Å². The molecule has 0 bridgehead atoms. The van der Waals surface area contributed by atoms with Crippen molar-refractivity contribution in [2.45, 2.75) is 4.90 Å². The van der Waals surface area contributed by atoms with Gasteiger partial charge in [0.15, 0.2) is 5.13 Å². The van der Waals surface area contributed by atoms with Gasteiger partial charge < -0.3 is 5.32 Å². The van der Waals surface area contributed by atoms with Gasteiger partial charge >= 0.3 is 0 Å². The maximum absolute atomic E-state index is 12.4. The molecule has 13 heteroatoms. The quantitative estimate of drug-likeness (QED) is 0.192. The Morgan fingerprint density at radius 2 is 1.97 bits per heavy atom. The summed E-state index contributed by atoms with van der Waals surface area (Å²) in [7, 11) is -3.76. The minimum Gasteiger partial charge on any atom is -0.360 e. The second-order valence-electron chi connectivity index (χ2n) is 6.63. The SMILES string of the molecule is N#CC(=CNc1ccc(S(=O)(=O)Nc2nccs2)cc1)c1nc(-c2cccc([N+](=O)[O-])c2)cs1. The van der Waals surface area contributed by atoms with Gasteiger partial charge in [-0.05, 0) is 24.3 Å². The molecule has 0 atom stereocenters. The molecule has 0 saturated carbocycles. The first kappa shape index (κ1) is 23.1. The molecule has 170 valence electrons. The van der Waals surface area contributed by atoms with E-state index < -0.39 is 14.9 Å². The third kappa shape index (κ3) is 5.26. The number of benzene rings is 2. The number of sulfonamides is 1. The number of non-ortho nitro benzene ring substituents is 1. The number of allylic oxidation sites excluding steroid dienone is 1. The number of nitrogens with one attached hydrogen (secondary N) is 2. The molecule has 0 saturated heterocycles. The fourth-order valence-electron chi connectivity index (χ4n) is 2.78. The Balaban J connectivity index is 1.48. The lowest BCUT2D eigenvalue weighted by atomic mass is 10.1. The Morgan fingerprint density at radius 1 is 1.18 bits per heavy atom. The standard InChI is InChI=1S/C21H14N6O4S3/c22-11-15(20-25-19(13-33-20)14-2-1-3-17(10-14)27(28)29)12-24-16-4-6-18(7-5-16)34(30,31)26-21-23-8-9-32-21/h1-10,12-13,24H,(H,23,26). The third-order valence-corrected chi connectivity index (χ3v) is 7.46. The second-order valence-corrected chi connectivity index (χ2v) is 10.1. The van der Waals surface area contributed by atoms with Crippen LogP contribution in [0.25, 0.3) is 16.8 Å². The van der Waals surface area contributed by atoms with Crippen LogP contribution in [0.3, 0.4) is 0 Å². The van der Waals surface area contributed by atoms with E-state index in [4.69, 9.17) is 0 Å². The summed E-state index contributed by atoms with van der Waals surface area (Å²) in [5.41, 5.74) is 1.87. The zero-order chi connectivity index (χ0) is 24.1. The van der Waals surface area contributed by atoms with Crippen molar-refractivity contribution in [2.24, 2.45) is 0 Å². The molecule has 0 fully saturated rings. The Labute approximate surface area is 202 Å². The predicted octanol–water partition coefficient (Wildman–Crippen LogP) is 4.95. The van der Waals surface area contributed by atoms with Crippen molar-refractivity contribution < 1.29 is 13.3 Å². The number of hydrogen-bond donors (Lipinski definition) is 2. The van der Waals surface area contributed by atoms with E-state index in [2.05, 4.69) is 26.1 Å². The van der Waals surface area contributed by atoms with Crippen LogP contribution >= 0.6 is 22.7 Å². The number of nitrogens with zero attached hydrogens (tertiary/aromatic N) is 4. The van der Waals surface area contributed by atoms with E-state index >= 15 is 0 Å². The zero-order valence-electron chi connectivity index (χ0n) is 17.1. The highest BCUT2D eigenvalue weighted by atomic mass is 32.2. The average Bonchev–Trinajstić information content (AvgIpc) is 3.52. The summed E-state index contributed by atoms with van der Waals surface area (Å²) in [6, 6.07) is 14.2. The van der Waals surface area contributed by atoms with Gasteiger partial charge in [0.2, 0.25) is 0 Å². The number of nitro benzene ring substituents is 1. The molecule has 0 radical (unpaired) electrons. The van der Waals surface area contributed by atoms with Crippen molar-refractivity contribution >= 4 is 54.8 Å². The lowest BCUT2D eigenvalue weighted by molar-refractivity contribution is -0.384. The molecule has 2 aromatic heterocycles. The van der Waals surface area contributed by atoms with E-state index in [0.29, 0.717) is 22.0 Å². The number of nitro groups is 1. The molecular weight excluding hydrogens is 496 g/mol. The van der Waals surface area contributed by atoms with Crippen LogP contribution in [-0.4, -0.2) is 23.3 Å². The molecule has 0 aliphatic rings. The van der Waals surface area contributed by atoms with Crippen LogP contribution in [0.15, 0.2) is 76.6 Å². The highest BCUT2D eigenvalue weighted by molar-refractivity contribution is 7.93.